The zero-order valence-electron chi connectivity index (χ0n) is 14.8. The van der Waals surface area contributed by atoms with Crippen LogP contribution in [0.3, 0.4) is 0 Å². The third-order valence-corrected chi connectivity index (χ3v) is 3.75. The number of imide groups is 1. The smallest absolute Gasteiger partial charge is 0.344 e. The van der Waals surface area contributed by atoms with Gasteiger partial charge in [0.25, 0.3) is 5.91 Å². The molecule has 2 N–H and O–H groups in total. The highest BCUT2D eigenvalue weighted by Gasteiger charge is 2.24. The van der Waals surface area contributed by atoms with Gasteiger partial charge in [-0.2, -0.15) is 0 Å². The Labute approximate surface area is 147 Å². The molecule has 0 aromatic heterocycles. The van der Waals surface area contributed by atoms with E-state index in [-0.39, 0.29) is 12.6 Å². The first kappa shape index (κ1) is 18.8. The van der Waals surface area contributed by atoms with E-state index >= 15 is 0 Å². The van der Waals surface area contributed by atoms with Crippen LogP contribution in [0.5, 0.6) is 5.75 Å². The van der Waals surface area contributed by atoms with E-state index in [0.29, 0.717) is 11.7 Å². The van der Waals surface area contributed by atoms with Crippen LogP contribution in [0, 0.1) is 6.92 Å². The van der Waals surface area contributed by atoms with Crippen molar-refractivity contribution in [3.05, 3.63) is 29.3 Å². The molecule has 1 aliphatic rings. The Morgan fingerprint density at radius 2 is 1.92 bits per heavy atom. The second-order valence-electron chi connectivity index (χ2n) is 6.42. The monoisotopic (exact) mass is 348 g/mol. The fraction of sp³-hybridized carbons (Fsp3) is 0.500. The molecule has 3 amide bonds. The maximum atomic E-state index is 11.7. The molecule has 2 rings (SSSR count). The zero-order chi connectivity index (χ0) is 18.4. The van der Waals surface area contributed by atoms with Crippen molar-refractivity contribution in [2.75, 3.05) is 13.2 Å². The number of nitrogens with one attached hydrogen (secondary N) is 2. The summed E-state index contributed by atoms with van der Waals surface area (Å²) in [6.07, 6.45) is 1.84. The Balaban J connectivity index is 1.72. The summed E-state index contributed by atoms with van der Waals surface area (Å²) in [5.74, 6) is -0.395. The molecule has 1 aliphatic carbocycles. The van der Waals surface area contributed by atoms with E-state index in [0.717, 1.165) is 24.0 Å². The van der Waals surface area contributed by atoms with Crippen LogP contribution in [-0.4, -0.2) is 37.2 Å². The lowest BCUT2D eigenvalue weighted by Crippen LogP contribution is -2.42. The molecule has 0 radical (unpaired) electrons. The van der Waals surface area contributed by atoms with Crippen LogP contribution in [0.25, 0.3) is 0 Å². The molecule has 0 spiro atoms. The van der Waals surface area contributed by atoms with Gasteiger partial charge in [0.2, 0.25) is 0 Å². The van der Waals surface area contributed by atoms with Gasteiger partial charge in [-0.05, 0) is 42.9 Å². The number of hydrogen-bond acceptors (Lipinski definition) is 5. The maximum Gasteiger partial charge on any atom is 0.344 e. The molecule has 1 fully saturated rings. The molecule has 0 bridgehead atoms. The number of amides is 3. The highest BCUT2D eigenvalue weighted by Crippen LogP contribution is 2.24. The summed E-state index contributed by atoms with van der Waals surface area (Å²) in [7, 11) is 0. The SMILES string of the molecule is Cc1ccc(C(C)C)cc1OCC(=O)OCC(=O)NC(=O)NC1CC1. The van der Waals surface area contributed by atoms with Crippen LogP contribution in [-0.2, 0) is 14.3 Å². The van der Waals surface area contributed by atoms with E-state index in [1.807, 2.05) is 25.1 Å². The summed E-state index contributed by atoms with van der Waals surface area (Å²) in [4.78, 5) is 34.6. The van der Waals surface area contributed by atoms with Crippen molar-refractivity contribution >= 4 is 17.9 Å². The minimum Gasteiger partial charge on any atom is -0.482 e. The molecular weight excluding hydrogens is 324 g/mol. The molecule has 1 saturated carbocycles. The second kappa shape index (κ2) is 8.50. The summed E-state index contributed by atoms with van der Waals surface area (Å²) < 4.78 is 10.3. The number of benzene rings is 1. The summed E-state index contributed by atoms with van der Waals surface area (Å²) in [6.45, 7) is 5.20. The molecule has 0 heterocycles. The van der Waals surface area contributed by atoms with Gasteiger partial charge in [0, 0.05) is 6.04 Å². The molecule has 136 valence electrons. The van der Waals surface area contributed by atoms with E-state index in [2.05, 4.69) is 24.5 Å². The molecule has 1 aromatic carbocycles. The Morgan fingerprint density at radius 3 is 2.56 bits per heavy atom. The van der Waals surface area contributed by atoms with Gasteiger partial charge < -0.3 is 14.8 Å². The van der Waals surface area contributed by atoms with Crippen molar-refractivity contribution in [1.29, 1.82) is 0 Å². The Bertz CT molecular complexity index is 653. The lowest BCUT2D eigenvalue weighted by atomic mass is 10.0. The first-order valence-corrected chi connectivity index (χ1v) is 8.34. The maximum absolute atomic E-state index is 11.7. The molecular formula is C18H24N2O5. The van der Waals surface area contributed by atoms with Gasteiger partial charge in [-0.25, -0.2) is 9.59 Å². The number of rotatable bonds is 7. The summed E-state index contributed by atoms with van der Waals surface area (Å²) >= 11 is 0. The predicted molar refractivity (Wildman–Crippen MR) is 91.4 cm³/mol. The largest absolute Gasteiger partial charge is 0.482 e. The van der Waals surface area contributed by atoms with Crippen molar-refractivity contribution in [3.63, 3.8) is 0 Å². The Morgan fingerprint density at radius 1 is 1.20 bits per heavy atom. The normalized spacial score (nSPS) is 13.3. The standard InChI is InChI=1S/C18H24N2O5/c1-11(2)13-5-4-12(3)15(8-13)24-10-17(22)25-9-16(21)20-18(23)19-14-6-7-14/h4-5,8,11,14H,6-7,9-10H2,1-3H3,(H2,19,20,21,23). The zero-order valence-corrected chi connectivity index (χ0v) is 14.8. The number of carbonyl (C=O) groups excluding carboxylic acids is 3. The van der Waals surface area contributed by atoms with Crippen molar-refractivity contribution in [3.8, 4) is 5.75 Å². The molecule has 25 heavy (non-hydrogen) atoms. The van der Waals surface area contributed by atoms with E-state index < -0.39 is 24.5 Å². The Hall–Kier alpha value is -2.57. The minimum atomic E-state index is -0.676. The van der Waals surface area contributed by atoms with Crippen LogP contribution in [0.2, 0.25) is 0 Å². The average molecular weight is 348 g/mol. The third-order valence-electron chi connectivity index (χ3n) is 3.75. The van der Waals surface area contributed by atoms with Gasteiger partial charge in [0.1, 0.15) is 5.75 Å². The van der Waals surface area contributed by atoms with E-state index in [1.54, 1.807) is 0 Å². The fourth-order valence-corrected chi connectivity index (χ4v) is 2.07. The first-order valence-electron chi connectivity index (χ1n) is 8.34. The number of aryl methyl sites for hydroxylation is 1. The van der Waals surface area contributed by atoms with Gasteiger partial charge in [-0.3, -0.25) is 10.1 Å². The number of esters is 1. The number of hydrogen-bond donors (Lipinski definition) is 2. The number of ether oxygens (including phenoxy) is 2. The molecule has 7 nitrogen and oxygen atoms in total. The van der Waals surface area contributed by atoms with Crippen molar-refractivity contribution < 1.29 is 23.9 Å². The lowest BCUT2D eigenvalue weighted by molar-refractivity contribution is -0.150. The fourth-order valence-electron chi connectivity index (χ4n) is 2.07. The summed E-state index contributed by atoms with van der Waals surface area (Å²) in [6, 6.07) is 5.42. The van der Waals surface area contributed by atoms with E-state index in [4.69, 9.17) is 9.47 Å². The van der Waals surface area contributed by atoms with Crippen molar-refractivity contribution in [2.24, 2.45) is 0 Å². The molecule has 7 heteroatoms. The molecule has 1 aromatic rings. The quantitative estimate of drug-likeness (QED) is 0.736. The predicted octanol–water partition coefficient (Wildman–Crippen LogP) is 2.03. The number of carbonyl (C=O) groups is 3. The van der Waals surface area contributed by atoms with Crippen LogP contribution in [0.15, 0.2) is 18.2 Å². The van der Waals surface area contributed by atoms with Gasteiger partial charge in [-0.1, -0.05) is 26.0 Å². The summed E-state index contributed by atoms with van der Waals surface area (Å²) in [5, 5.41) is 4.71. The van der Waals surface area contributed by atoms with Gasteiger partial charge >= 0.3 is 12.0 Å². The Kier molecular flexibility index (Phi) is 6.38. The van der Waals surface area contributed by atoms with Gasteiger partial charge in [0.05, 0.1) is 0 Å². The van der Waals surface area contributed by atoms with Crippen LogP contribution in [0.1, 0.15) is 43.7 Å². The third kappa shape index (κ3) is 6.45. The molecule has 0 aliphatic heterocycles. The van der Waals surface area contributed by atoms with Crippen LogP contribution in [0.4, 0.5) is 4.79 Å². The van der Waals surface area contributed by atoms with Crippen molar-refractivity contribution in [1.82, 2.24) is 10.6 Å². The van der Waals surface area contributed by atoms with Gasteiger partial charge in [-0.15, -0.1) is 0 Å². The lowest BCUT2D eigenvalue weighted by Gasteiger charge is -2.12. The molecule has 0 saturated heterocycles. The highest BCUT2D eigenvalue weighted by atomic mass is 16.6. The van der Waals surface area contributed by atoms with Crippen LogP contribution < -0.4 is 15.4 Å². The average Bonchev–Trinajstić information content (AvgIpc) is 3.35. The first-order chi connectivity index (χ1) is 11.8. The van der Waals surface area contributed by atoms with E-state index in [9.17, 15) is 14.4 Å². The molecule has 0 atom stereocenters. The van der Waals surface area contributed by atoms with E-state index in [1.165, 1.54) is 0 Å². The van der Waals surface area contributed by atoms with Crippen LogP contribution >= 0.6 is 0 Å². The number of urea groups is 1. The topological polar surface area (TPSA) is 93.7 Å². The van der Waals surface area contributed by atoms with Gasteiger partial charge in [0.15, 0.2) is 13.2 Å². The molecule has 0 unspecified atom stereocenters. The van der Waals surface area contributed by atoms with Crippen molar-refractivity contribution in [2.45, 2.75) is 45.6 Å². The second-order valence-corrected chi connectivity index (χ2v) is 6.42. The highest BCUT2D eigenvalue weighted by molar-refractivity contribution is 5.95. The summed E-state index contributed by atoms with van der Waals surface area (Å²) in [5.41, 5.74) is 2.02. The minimum absolute atomic E-state index is 0.147.